The number of hydrogen-bond donors (Lipinski definition) is 1. The molecule has 1 amide bonds. The van der Waals surface area contributed by atoms with Gasteiger partial charge in [0.25, 0.3) is 5.91 Å². The van der Waals surface area contributed by atoms with Crippen molar-refractivity contribution < 1.29 is 18.0 Å². The van der Waals surface area contributed by atoms with E-state index in [1.807, 2.05) is 0 Å². The van der Waals surface area contributed by atoms with E-state index in [1.54, 1.807) is 0 Å². The quantitative estimate of drug-likeness (QED) is 0.851. The van der Waals surface area contributed by atoms with Crippen molar-refractivity contribution in [3.05, 3.63) is 35.1 Å². The lowest BCUT2D eigenvalue weighted by Crippen LogP contribution is -2.47. The van der Waals surface area contributed by atoms with Crippen molar-refractivity contribution in [1.29, 1.82) is 0 Å². The van der Waals surface area contributed by atoms with Crippen molar-refractivity contribution >= 4 is 5.91 Å². The molecule has 21 heavy (non-hydrogen) atoms. The molecule has 2 fully saturated rings. The van der Waals surface area contributed by atoms with Crippen LogP contribution in [0.3, 0.4) is 0 Å². The smallest absolute Gasteiger partial charge is 0.251 e. The molecule has 0 aliphatic carbocycles. The predicted octanol–water partition coefficient (Wildman–Crippen LogP) is 2.46. The number of carbonyl (C=O) groups excluding carboxylic acids is 1. The molecule has 2 atom stereocenters. The van der Waals surface area contributed by atoms with Crippen LogP contribution in [0.2, 0.25) is 0 Å². The number of fused-ring (bicyclic) bond motifs is 1. The van der Waals surface area contributed by atoms with Gasteiger partial charge in [0.05, 0.1) is 0 Å². The Hall–Kier alpha value is -1.56. The Kier molecular flexibility index (Phi) is 3.89. The molecule has 2 aliphatic heterocycles. The topological polar surface area (TPSA) is 32.3 Å². The average molecular weight is 298 g/mol. The van der Waals surface area contributed by atoms with E-state index in [4.69, 9.17) is 0 Å². The lowest BCUT2D eigenvalue weighted by Gasteiger charge is -2.35. The highest BCUT2D eigenvalue weighted by Crippen LogP contribution is 2.27. The van der Waals surface area contributed by atoms with Crippen LogP contribution in [0.4, 0.5) is 13.2 Å². The molecule has 1 aromatic carbocycles. The SMILES string of the molecule is O=C(NC1CCN2CCCC2C1)c1cc(F)c(F)c(F)c1. The molecule has 6 heteroatoms. The first-order chi connectivity index (χ1) is 10.0. The molecule has 1 N–H and O–H groups in total. The van der Waals surface area contributed by atoms with Crippen LogP contribution in [-0.4, -0.2) is 36.0 Å². The zero-order valence-electron chi connectivity index (χ0n) is 11.5. The molecule has 3 nitrogen and oxygen atoms in total. The van der Waals surface area contributed by atoms with E-state index in [-0.39, 0.29) is 11.6 Å². The number of piperidine rings is 1. The Bertz CT molecular complexity index is 541. The second-order valence-corrected chi connectivity index (χ2v) is 5.78. The Labute approximate surface area is 121 Å². The lowest BCUT2D eigenvalue weighted by atomic mass is 9.97. The van der Waals surface area contributed by atoms with E-state index in [9.17, 15) is 18.0 Å². The number of nitrogens with one attached hydrogen (secondary N) is 1. The van der Waals surface area contributed by atoms with Crippen LogP contribution in [0.5, 0.6) is 0 Å². The fourth-order valence-electron chi connectivity index (χ4n) is 3.31. The van der Waals surface area contributed by atoms with Crippen molar-refractivity contribution in [3.63, 3.8) is 0 Å². The van der Waals surface area contributed by atoms with Crippen molar-refractivity contribution in [2.75, 3.05) is 13.1 Å². The van der Waals surface area contributed by atoms with Crippen molar-refractivity contribution in [2.24, 2.45) is 0 Å². The normalized spacial score (nSPS) is 25.7. The number of nitrogens with zero attached hydrogens (tertiary/aromatic N) is 1. The minimum atomic E-state index is -1.55. The molecule has 2 unspecified atom stereocenters. The molecule has 114 valence electrons. The molecule has 2 heterocycles. The third-order valence-corrected chi connectivity index (χ3v) is 4.40. The number of benzene rings is 1. The minimum Gasteiger partial charge on any atom is -0.349 e. The van der Waals surface area contributed by atoms with Crippen LogP contribution < -0.4 is 5.32 Å². The summed E-state index contributed by atoms with van der Waals surface area (Å²) in [7, 11) is 0. The standard InChI is InChI=1S/C15H17F3N2O/c16-12-6-9(7-13(17)14(12)18)15(21)19-10-3-5-20-4-1-2-11(20)8-10/h6-7,10-11H,1-5,8H2,(H,19,21). The van der Waals surface area contributed by atoms with Gasteiger partial charge < -0.3 is 10.2 Å². The summed E-state index contributed by atoms with van der Waals surface area (Å²) in [6.07, 6.45) is 4.00. The maximum absolute atomic E-state index is 13.2. The van der Waals surface area contributed by atoms with Crippen LogP contribution >= 0.6 is 0 Å². The van der Waals surface area contributed by atoms with Gasteiger partial charge >= 0.3 is 0 Å². The van der Waals surface area contributed by atoms with E-state index in [2.05, 4.69) is 10.2 Å². The molecule has 1 aromatic rings. The summed E-state index contributed by atoms with van der Waals surface area (Å²) in [5, 5.41) is 2.80. The molecule has 0 aromatic heterocycles. The van der Waals surface area contributed by atoms with Gasteiger partial charge in [0.15, 0.2) is 17.5 Å². The summed E-state index contributed by atoms with van der Waals surface area (Å²) in [6, 6.07) is 1.97. The van der Waals surface area contributed by atoms with Gasteiger partial charge in [0.1, 0.15) is 0 Å². The first-order valence-electron chi connectivity index (χ1n) is 7.24. The van der Waals surface area contributed by atoms with E-state index in [1.165, 1.54) is 6.42 Å². The Morgan fingerprint density at radius 3 is 2.57 bits per heavy atom. The minimum absolute atomic E-state index is 0.00743. The number of halogens is 3. The van der Waals surface area contributed by atoms with Gasteiger partial charge in [-0.25, -0.2) is 13.2 Å². The molecule has 0 radical (unpaired) electrons. The monoisotopic (exact) mass is 298 g/mol. The summed E-state index contributed by atoms with van der Waals surface area (Å²) in [5.41, 5.74) is -0.180. The highest BCUT2D eigenvalue weighted by molar-refractivity contribution is 5.94. The number of carbonyl (C=O) groups is 1. The number of amides is 1. The van der Waals surface area contributed by atoms with Gasteiger partial charge in [-0.1, -0.05) is 0 Å². The van der Waals surface area contributed by atoms with Crippen molar-refractivity contribution in [2.45, 2.75) is 37.8 Å². The van der Waals surface area contributed by atoms with Gasteiger partial charge in [-0.05, 0) is 44.4 Å². The first-order valence-corrected chi connectivity index (χ1v) is 7.24. The van der Waals surface area contributed by atoms with Crippen molar-refractivity contribution in [1.82, 2.24) is 10.2 Å². The molecule has 2 saturated heterocycles. The summed E-state index contributed by atoms with van der Waals surface area (Å²) in [6.45, 7) is 2.04. The Balaban J connectivity index is 1.66. The third kappa shape index (κ3) is 2.90. The summed E-state index contributed by atoms with van der Waals surface area (Å²) >= 11 is 0. The van der Waals surface area contributed by atoms with Crippen LogP contribution in [0.25, 0.3) is 0 Å². The fourth-order valence-corrected chi connectivity index (χ4v) is 3.31. The van der Waals surface area contributed by atoms with Gasteiger partial charge in [0, 0.05) is 24.2 Å². The van der Waals surface area contributed by atoms with Crippen LogP contribution in [0.1, 0.15) is 36.0 Å². The molecular formula is C15H17F3N2O. The second kappa shape index (κ2) is 5.67. The molecule has 2 aliphatic rings. The van der Waals surface area contributed by atoms with Crippen molar-refractivity contribution in [3.8, 4) is 0 Å². The molecule has 0 bridgehead atoms. The maximum atomic E-state index is 13.2. The van der Waals surface area contributed by atoms with Gasteiger partial charge in [-0.2, -0.15) is 0 Å². The fraction of sp³-hybridized carbons (Fsp3) is 0.533. The van der Waals surface area contributed by atoms with Gasteiger partial charge in [0.2, 0.25) is 0 Å². The van der Waals surface area contributed by atoms with Gasteiger partial charge in [-0.15, -0.1) is 0 Å². The van der Waals surface area contributed by atoms with Crippen LogP contribution in [-0.2, 0) is 0 Å². The maximum Gasteiger partial charge on any atom is 0.251 e. The van der Waals surface area contributed by atoms with Gasteiger partial charge in [-0.3, -0.25) is 4.79 Å². The largest absolute Gasteiger partial charge is 0.349 e. The van der Waals surface area contributed by atoms with Crippen LogP contribution in [0.15, 0.2) is 12.1 Å². The Morgan fingerprint density at radius 1 is 1.14 bits per heavy atom. The number of rotatable bonds is 2. The van der Waals surface area contributed by atoms with E-state index in [0.29, 0.717) is 6.04 Å². The zero-order chi connectivity index (χ0) is 15.0. The lowest BCUT2D eigenvalue weighted by molar-refractivity contribution is 0.0895. The molecule has 0 saturated carbocycles. The highest BCUT2D eigenvalue weighted by atomic mass is 19.2. The van der Waals surface area contributed by atoms with Crippen LogP contribution in [0, 0.1) is 17.5 Å². The first kappa shape index (κ1) is 14.4. The van der Waals surface area contributed by atoms with E-state index < -0.39 is 23.4 Å². The predicted molar refractivity (Wildman–Crippen MR) is 71.4 cm³/mol. The van der Waals surface area contributed by atoms with E-state index >= 15 is 0 Å². The average Bonchev–Trinajstić information content (AvgIpc) is 2.91. The highest BCUT2D eigenvalue weighted by Gasteiger charge is 2.32. The van der Waals surface area contributed by atoms with E-state index in [0.717, 1.165) is 44.5 Å². The summed E-state index contributed by atoms with van der Waals surface area (Å²) < 4.78 is 39.2. The third-order valence-electron chi connectivity index (χ3n) is 4.40. The number of hydrogen-bond acceptors (Lipinski definition) is 2. The zero-order valence-corrected chi connectivity index (χ0v) is 11.5. The molecule has 0 spiro atoms. The second-order valence-electron chi connectivity index (χ2n) is 5.78. The molecular weight excluding hydrogens is 281 g/mol. The summed E-state index contributed by atoms with van der Waals surface area (Å²) in [4.78, 5) is 14.5. The summed E-state index contributed by atoms with van der Waals surface area (Å²) in [5.74, 6) is -4.79. The molecule has 3 rings (SSSR count). The Morgan fingerprint density at radius 2 is 1.86 bits per heavy atom.